The molecule has 2 aromatic carbocycles. The van der Waals surface area contributed by atoms with Gasteiger partial charge in [0.05, 0.1) is 5.56 Å². The lowest BCUT2D eigenvalue weighted by atomic mass is 9.80. The second-order valence-electron chi connectivity index (χ2n) is 10.2. The standard InChI is InChI=1S/C27H33F3N2O3/c1-18-13-19(15-21(14-18)27(28,29)30)16-31(5)24(33)22-11-12-32(25(34)35-26(2,3)4)17-23(22)20-9-7-6-8-10-20/h6-10,13-15,22-23H,11-12,16-17H2,1-5H3/t22-,23-/m0/s1. The highest BCUT2D eigenvalue weighted by Crippen LogP contribution is 2.35. The molecule has 5 nitrogen and oxygen atoms in total. The number of amides is 2. The van der Waals surface area contributed by atoms with E-state index < -0.39 is 29.4 Å². The van der Waals surface area contributed by atoms with Gasteiger partial charge in [-0.2, -0.15) is 13.2 Å². The summed E-state index contributed by atoms with van der Waals surface area (Å²) in [7, 11) is 1.61. The molecule has 0 N–H and O–H groups in total. The van der Waals surface area contributed by atoms with Crippen molar-refractivity contribution < 1.29 is 27.5 Å². The lowest BCUT2D eigenvalue weighted by Gasteiger charge is -2.40. The van der Waals surface area contributed by atoms with Crippen LogP contribution in [0.15, 0.2) is 48.5 Å². The molecule has 190 valence electrons. The van der Waals surface area contributed by atoms with Crippen LogP contribution in [0, 0.1) is 12.8 Å². The molecule has 1 heterocycles. The Morgan fingerprint density at radius 2 is 1.74 bits per heavy atom. The van der Waals surface area contributed by atoms with Crippen molar-refractivity contribution in [3.05, 3.63) is 70.8 Å². The number of halogens is 3. The zero-order chi connectivity index (χ0) is 26.0. The average molecular weight is 491 g/mol. The molecular weight excluding hydrogens is 457 g/mol. The Bertz CT molecular complexity index is 1050. The Balaban J connectivity index is 1.81. The molecule has 1 fully saturated rings. The summed E-state index contributed by atoms with van der Waals surface area (Å²) in [5.74, 6) is -0.818. The number of alkyl halides is 3. The zero-order valence-electron chi connectivity index (χ0n) is 20.9. The maximum Gasteiger partial charge on any atom is 0.416 e. The molecule has 2 aromatic rings. The third-order valence-electron chi connectivity index (χ3n) is 6.07. The van der Waals surface area contributed by atoms with Gasteiger partial charge in [0, 0.05) is 38.5 Å². The molecule has 35 heavy (non-hydrogen) atoms. The molecule has 0 spiro atoms. The van der Waals surface area contributed by atoms with Crippen LogP contribution in [0.3, 0.4) is 0 Å². The van der Waals surface area contributed by atoms with Crippen molar-refractivity contribution in [2.75, 3.05) is 20.1 Å². The summed E-state index contributed by atoms with van der Waals surface area (Å²) >= 11 is 0. The van der Waals surface area contributed by atoms with Crippen LogP contribution in [0.5, 0.6) is 0 Å². The summed E-state index contributed by atoms with van der Waals surface area (Å²) in [6, 6.07) is 13.4. The Labute approximate surface area is 204 Å². The first-order valence-electron chi connectivity index (χ1n) is 11.7. The van der Waals surface area contributed by atoms with E-state index in [2.05, 4.69) is 0 Å². The molecule has 8 heteroatoms. The van der Waals surface area contributed by atoms with Gasteiger partial charge in [-0.3, -0.25) is 4.79 Å². The van der Waals surface area contributed by atoms with Gasteiger partial charge in [-0.05, 0) is 57.4 Å². The van der Waals surface area contributed by atoms with E-state index in [0.717, 1.165) is 17.7 Å². The van der Waals surface area contributed by atoms with Gasteiger partial charge in [0.25, 0.3) is 0 Å². The Hall–Kier alpha value is -3.03. The van der Waals surface area contributed by atoms with E-state index in [1.165, 1.54) is 4.90 Å². The Morgan fingerprint density at radius 3 is 2.34 bits per heavy atom. The lowest BCUT2D eigenvalue weighted by Crippen LogP contribution is -2.48. The molecule has 0 aliphatic carbocycles. The summed E-state index contributed by atoms with van der Waals surface area (Å²) in [6.45, 7) is 7.79. The highest BCUT2D eigenvalue weighted by atomic mass is 19.4. The van der Waals surface area contributed by atoms with Crippen LogP contribution in [-0.4, -0.2) is 47.5 Å². The molecule has 0 bridgehead atoms. The van der Waals surface area contributed by atoms with Crippen LogP contribution < -0.4 is 0 Å². The van der Waals surface area contributed by atoms with E-state index in [1.807, 2.05) is 30.3 Å². The number of carbonyl (C=O) groups is 2. The van der Waals surface area contributed by atoms with E-state index in [1.54, 1.807) is 45.7 Å². The van der Waals surface area contributed by atoms with Crippen molar-refractivity contribution in [1.29, 1.82) is 0 Å². The number of hydrogen-bond acceptors (Lipinski definition) is 3. The van der Waals surface area contributed by atoms with E-state index in [9.17, 15) is 22.8 Å². The topological polar surface area (TPSA) is 49.9 Å². The molecule has 2 amide bonds. The van der Waals surface area contributed by atoms with Crippen molar-refractivity contribution in [2.45, 2.75) is 58.4 Å². The molecule has 1 aliphatic heterocycles. The maximum absolute atomic E-state index is 13.5. The van der Waals surface area contributed by atoms with Crippen LogP contribution in [0.25, 0.3) is 0 Å². The number of nitrogens with zero attached hydrogens (tertiary/aromatic N) is 2. The number of aryl methyl sites for hydroxylation is 1. The minimum absolute atomic E-state index is 0.0668. The summed E-state index contributed by atoms with van der Waals surface area (Å²) in [6.07, 6.45) is -4.43. The van der Waals surface area contributed by atoms with Gasteiger partial charge in [-0.15, -0.1) is 0 Å². The number of carbonyl (C=O) groups excluding carboxylic acids is 2. The van der Waals surface area contributed by atoms with Crippen LogP contribution in [-0.2, 0) is 22.3 Å². The van der Waals surface area contributed by atoms with Crippen molar-refractivity contribution >= 4 is 12.0 Å². The molecule has 3 rings (SSSR count). The summed E-state index contributed by atoms with van der Waals surface area (Å²) in [4.78, 5) is 29.3. The van der Waals surface area contributed by atoms with Gasteiger partial charge in [0.1, 0.15) is 5.60 Å². The van der Waals surface area contributed by atoms with E-state index in [4.69, 9.17) is 4.74 Å². The van der Waals surface area contributed by atoms with Crippen LogP contribution in [0.4, 0.5) is 18.0 Å². The number of rotatable bonds is 4. The predicted molar refractivity (Wildman–Crippen MR) is 128 cm³/mol. The van der Waals surface area contributed by atoms with Crippen LogP contribution in [0.1, 0.15) is 55.4 Å². The number of benzene rings is 2. The molecule has 0 saturated carbocycles. The highest BCUT2D eigenvalue weighted by molar-refractivity contribution is 5.80. The highest BCUT2D eigenvalue weighted by Gasteiger charge is 2.39. The molecule has 0 unspecified atom stereocenters. The van der Waals surface area contributed by atoms with Crippen LogP contribution >= 0.6 is 0 Å². The van der Waals surface area contributed by atoms with Crippen molar-refractivity contribution in [1.82, 2.24) is 9.80 Å². The first kappa shape index (κ1) is 26.6. The molecule has 1 saturated heterocycles. The molecular formula is C27H33F3N2O3. The summed E-state index contributed by atoms with van der Waals surface area (Å²) in [5.41, 5.74) is 0.498. The smallest absolute Gasteiger partial charge is 0.416 e. The third kappa shape index (κ3) is 6.99. The second kappa shape index (κ2) is 10.3. The van der Waals surface area contributed by atoms with Gasteiger partial charge in [0.15, 0.2) is 0 Å². The molecule has 0 aromatic heterocycles. The van der Waals surface area contributed by atoms with E-state index in [-0.39, 0.29) is 18.4 Å². The zero-order valence-corrected chi connectivity index (χ0v) is 20.9. The second-order valence-corrected chi connectivity index (χ2v) is 10.2. The fraction of sp³-hybridized carbons (Fsp3) is 0.481. The monoisotopic (exact) mass is 490 g/mol. The Kier molecular flexibility index (Phi) is 7.82. The van der Waals surface area contributed by atoms with Gasteiger partial charge >= 0.3 is 12.3 Å². The van der Waals surface area contributed by atoms with E-state index in [0.29, 0.717) is 30.6 Å². The molecule has 1 aliphatic rings. The Morgan fingerprint density at radius 1 is 1.09 bits per heavy atom. The summed E-state index contributed by atoms with van der Waals surface area (Å²) in [5, 5.41) is 0. The minimum atomic E-state index is -4.45. The normalized spacial score (nSPS) is 18.8. The molecule has 2 atom stereocenters. The third-order valence-corrected chi connectivity index (χ3v) is 6.07. The van der Waals surface area contributed by atoms with E-state index >= 15 is 0 Å². The van der Waals surface area contributed by atoms with Crippen molar-refractivity contribution in [3.8, 4) is 0 Å². The van der Waals surface area contributed by atoms with Crippen molar-refractivity contribution in [2.24, 2.45) is 5.92 Å². The number of likely N-dealkylation sites (tertiary alicyclic amines) is 1. The largest absolute Gasteiger partial charge is 0.444 e. The fourth-order valence-electron chi connectivity index (χ4n) is 4.53. The van der Waals surface area contributed by atoms with Gasteiger partial charge < -0.3 is 14.5 Å². The average Bonchev–Trinajstić information content (AvgIpc) is 2.76. The number of piperidine rings is 1. The van der Waals surface area contributed by atoms with Crippen LogP contribution in [0.2, 0.25) is 0 Å². The minimum Gasteiger partial charge on any atom is -0.444 e. The van der Waals surface area contributed by atoms with Gasteiger partial charge in [0.2, 0.25) is 5.91 Å². The lowest BCUT2D eigenvalue weighted by molar-refractivity contribution is -0.137. The SMILES string of the molecule is Cc1cc(CN(C)C(=O)[C@H]2CCN(C(=O)OC(C)(C)C)C[C@H]2c2ccccc2)cc(C(F)(F)F)c1. The number of hydrogen-bond donors (Lipinski definition) is 0. The summed E-state index contributed by atoms with van der Waals surface area (Å²) < 4.78 is 45.3. The first-order valence-corrected chi connectivity index (χ1v) is 11.7. The fourth-order valence-corrected chi connectivity index (χ4v) is 4.53. The first-order chi connectivity index (χ1) is 16.2. The number of ether oxygens (including phenoxy) is 1. The van der Waals surface area contributed by atoms with Gasteiger partial charge in [-0.1, -0.05) is 42.0 Å². The predicted octanol–water partition coefficient (Wildman–Crippen LogP) is 6.01. The molecule has 0 radical (unpaired) electrons. The van der Waals surface area contributed by atoms with Gasteiger partial charge in [-0.25, -0.2) is 4.79 Å². The maximum atomic E-state index is 13.5. The quantitative estimate of drug-likeness (QED) is 0.527. The van der Waals surface area contributed by atoms with Crippen molar-refractivity contribution in [3.63, 3.8) is 0 Å².